The van der Waals surface area contributed by atoms with Crippen molar-refractivity contribution in [2.75, 3.05) is 31.1 Å². The van der Waals surface area contributed by atoms with E-state index in [1.54, 1.807) is 11.3 Å². The summed E-state index contributed by atoms with van der Waals surface area (Å²) in [5.41, 5.74) is 1.01. The summed E-state index contributed by atoms with van der Waals surface area (Å²) in [6, 6.07) is 14.0. The van der Waals surface area contributed by atoms with Gasteiger partial charge in [-0.15, -0.1) is 11.3 Å². The summed E-state index contributed by atoms with van der Waals surface area (Å²) < 4.78 is 3.28. The second kappa shape index (κ2) is 7.30. The molecular weight excluding hydrogens is 478 g/mol. The Morgan fingerprint density at radius 2 is 1.82 bits per heavy atom. The Hall–Kier alpha value is -1.67. The van der Waals surface area contributed by atoms with Gasteiger partial charge >= 0.3 is 0 Å². The Morgan fingerprint density at radius 1 is 1.04 bits per heavy atom. The van der Waals surface area contributed by atoms with Gasteiger partial charge in [0.05, 0.1) is 15.2 Å². The van der Waals surface area contributed by atoms with E-state index in [1.807, 2.05) is 41.3 Å². The number of nitrogens with zero attached hydrogens (tertiary/aromatic N) is 3. The molecule has 0 aliphatic carbocycles. The number of carbonyl (C=O) groups is 1. The van der Waals surface area contributed by atoms with Gasteiger partial charge in [-0.3, -0.25) is 4.79 Å². The molecule has 1 amide bonds. The number of aromatic nitrogens is 1. The number of piperazine rings is 1. The molecule has 8 heteroatoms. The zero-order chi connectivity index (χ0) is 19.3. The van der Waals surface area contributed by atoms with Crippen LogP contribution >= 0.6 is 50.2 Å². The van der Waals surface area contributed by atoms with Crippen LogP contribution in [-0.4, -0.2) is 42.0 Å². The molecule has 142 valence electrons. The number of benzene rings is 2. The molecule has 0 N–H and O–H groups in total. The van der Waals surface area contributed by atoms with Crippen LogP contribution in [0.2, 0.25) is 5.02 Å². The molecule has 28 heavy (non-hydrogen) atoms. The monoisotopic (exact) mass is 491 g/mol. The lowest BCUT2D eigenvalue weighted by molar-refractivity contribution is 0.0752. The van der Waals surface area contributed by atoms with Crippen LogP contribution in [0.4, 0.5) is 5.13 Å². The first-order valence-corrected chi connectivity index (χ1v) is 11.7. The van der Waals surface area contributed by atoms with E-state index in [9.17, 15) is 4.79 Å². The largest absolute Gasteiger partial charge is 0.345 e. The molecule has 0 saturated carbocycles. The number of thiophene rings is 1. The normalized spacial score (nSPS) is 14.9. The highest BCUT2D eigenvalue weighted by Crippen LogP contribution is 2.36. The third kappa shape index (κ3) is 3.20. The van der Waals surface area contributed by atoms with Crippen molar-refractivity contribution in [3.05, 3.63) is 56.8 Å². The third-order valence-electron chi connectivity index (χ3n) is 4.91. The minimum Gasteiger partial charge on any atom is -0.345 e. The van der Waals surface area contributed by atoms with E-state index < -0.39 is 0 Å². The Bertz CT molecular complexity index is 1200. The average Bonchev–Trinajstić information content (AvgIpc) is 3.29. The van der Waals surface area contributed by atoms with E-state index in [0.29, 0.717) is 23.0 Å². The predicted molar refractivity (Wildman–Crippen MR) is 122 cm³/mol. The summed E-state index contributed by atoms with van der Waals surface area (Å²) in [6.45, 7) is 2.89. The smallest absolute Gasteiger partial charge is 0.265 e. The summed E-state index contributed by atoms with van der Waals surface area (Å²) in [5, 5.41) is 2.54. The van der Waals surface area contributed by atoms with Crippen LogP contribution < -0.4 is 4.90 Å². The van der Waals surface area contributed by atoms with Crippen LogP contribution in [0.15, 0.2) is 46.9 Å². The average molecular weight is 493 g/mol. The van der Waals surface area contributed by atoms with E-state index in [4.69, 9.17) is 16.6 Å². The molecule has 1 aliphatic heterocycles. The van der Waals surface area contributed by atoms with Crippen LogP contribution in [0.5, 0.6) is 0 Å². The zero-order valence-electron chi connectivity index (χ0n) is 14.7. The Kier molecular flexibility index (Phi) is 4.79. The van der Waals surface area contributed by atoms with Crippen molar-refractivity contribution in [1.29, 1.82) is 0 Å². The maximum atomic E-state index is 13.0. The number of fused-ring (bicyclic) bond motifs is 2. The number of amides is 1. The summed E-state index contributed by atoms with van der Waals surface area (Å²) in [4.78, 5) is 22.6. The minimum atomic E-state index is 0.0269. The molecule has 5 rings (SSSR count). The second-order valence-corrected chi connectivity index (χ2v) is 9.98. The van der Waals surface area contributed by atoms with Crippen molar-refractivity contribution >= 4 is 81.5 Å². The lowest BCUT2D eigenvalue weighted by atomic mass is 10.2. The lowest BCUT2D eigenvalue weighted by Crippen LogP contribution is -2.48. The maximum absolute atomic E-state index is 13.0. The predicted octanol–water partition coefficient (Wildman–Crippen LogP) is 5.89. The fourth-order valence-electron chi connectivity index (χ4n) is 3.42. The third-order valence-corrected chi connectivity index (χ3v) is 8.14. The van der Waals surface area contributed by atoms with Crippen LogP contribution in [-0.2, 0) is 0 Å². The molecule has 0 unspecified atom stereocenters. The first-order chi connectivity index (χ1) is 13.6. The number of rotatable bonds is 2. The maximum Gasteiger partial charge on any atom is 0.265 e. The van der Waals surface area contributed by atoms with Crippen LogP contribution in [0.25, 0.3) is 20.3 Å². The summed E-state index contributed by atoms with van der Waals surface area (Å²) in [6.07, 6.45) is 0. The molecule has 1 aliphatic rings. The van der Waals surface area contributed by atoms with Gasteiger partial charge in [0.2, 0.25) is 0 Å². The molecule has 4 nitrogen and oxygen atoms in total. The second-order valence-electron chi connectivity index (χ2n) is 6.63. The molecule has 2 aromatic heterocycles. The van der Waals surface area contributed by atoms with E-state index in [2.05, 4.69) is 26.9 Å². The van der Waals surface area contributed by atoms with E-state index >= 15 is 0 Å². The lowest BCUT2D eigenvalue weighted by Gasteiger charge is -2.34. The van der Waals surface area contributed by atoms with Crippen molar-refractivity contribution in [3.8, 4) is 0 Å². The fraction of sp³-hybridized carbons (Fsp3) is 0.200. The van der Waals surface area contributed by atoms with Crippen molar-refractivity contribution in [2.24, 2.45) is 0 Å². The van der Waals surface area contributed by atoms with Crippen molar-refractivity contribution in [3.63, 3.8) is 0 Å². The van der Waals surface area contributed by atoms with Gasteiger partial charge in [-0.1, -0.05) is 57.1 Å². The number of thiazole rings is 1. The van der Waals surface area contributed by atoms with Gasteiger partial charge in [-0.2, -0.15) is 0 Å². The molecule has 0 atom stereocenters. The molecule has 2 aromatic carbocycles. The molecule has 0 spiro atoms. The van der Waals surface area contributed by atoms with Crippen molar-refractivity contribution in [2.45, 2.75) is 0 Å². The molecular formula is C20H15BrClN3OS2. The first-order valence-electron chi connectivity index (χ1n) is 8.87. The summed E-state index contributed by atoms with van der Waals surface area (Å²) in [7, 11) is 0. The van der Waals surface area contributed by atoms with Crippen LogP contribution in [0.3, 0.4) is 0 Å². The van der Waals surface area contributed by atoms with Crippen molar-refractivity contribution < 1.29 is 4.79 Å². The molecule has 0 bridgehead atoms. The highest BCUT2D eigenvalue weighted by Gasteiger charge is 2.27. The number of hydrogen-bond acceptors (Lipinski definition) is 5. The summed E-state index contributed by atoms with van der Waals surface area (Å²) in [5.74, 6) is 0.0269. The van der Waals surface area contributed by atoms with Crippen molar-refractivity contribution in [1.82, 2.24) is 9.88 Å². The first kappa shape index (κ1) is 18.4. The molecule has 3 heterocycles. The fourth-order valence-corrected chi connectivity index (χ4v) is 6.47. The molecule has 1 fully saturated rings. The Balaban J connectivity index is 1.33. The standard InChI is InChI=1S/C20H15BrClN3OS2/c21-12-5-6-14-16(11-12)28-20(23-14)25-9-7-24(8-10-25)19(26)18-17(22)13-3-1-2-4-15(13)27-18/h1-6,11H,7-10H2. The van der Waals surface area contributed by atoms with Gasteiger partial charge in [0, 0.05) is 40.7 Å². The van der Waals surface area contributed by atoms with Crippen LogP contribution in [0.1, 0.15) is 9.67 Å². The number of carbonyl (C=O) groups excluding carboxylic acids is 1. The number of anilines is 1. The topological polar surface area (TPSA) is 36.4 Å². The molecule has 4 aromatic rings. The molecule has 1 saturated heterocycles. The highest BCUT2D eigenvalue weighted by molar-refractivity contribution is 9.10. The SMILES string of the molecule is O=C(c1sc2ccccc2c1Cl)N1CCN(c2nc3ccc(Br)cc3s2)CC1. The number of halogens is 2. The van der Waals surface area contributed by atoms with Gasteiger partial charge < -0.3 is 9.80 Å². The van der Waals surface area contributed by atoms with Gasteiger partial charge in [0.25, 0.3) is 5.91 Å². The van der Waals surface area contributed by atoms with Crippen LogP contribution in [0, 0.1) is 0 Å². The Morgan fingerprint density at radius 3 is 2.61 bits per heavy atom. The van der Waals surface area contributed by atoms with E-state index in [1.165, 1.54) is 16.0 Å². The highest BCUT2D eigenvalue weighted by atomic mass is 79.9. The molecule has 0 radical (unpaired) electrons. The minimum absolute atomic E-state index is 0.0269. The van der Waals surface area contributed by atoms with Gasteiger partial charge in [-0.25, -0.2) is 4.98 Å². The van der Waals surface area contributed by atoms with Gasteiger partial charge in [0.15, 0.2) is 5.13 Å². The zero-order valence-corrected chi connectivity index (χ0v) is 18.7. The number of hydrogen-bond donors (Lipinski definition) is 0. The van der Waals surface area contributed by atoms with E-state index in [0.717, 1.165) is 38.3 Å². The van der Waals surface area contributed by atoms with Gasteiger partial charge in [-0.05, 0) is 24.3 Å². The van der Waals surface area contributed by atoms with Gasteiger partial charge in [0.1, 0.15) is 4.88 Å². The summed E-state index contributed by atoms with van der Waals surface area (Å²) >= 11 is 13.2. The quantitative estimate of drug-likeness (QED) is 0.350. The Labute approximate surface area is 183 Å². The van der Waals surface area contributed by atoms with E-state index in [-0.39, 0.29) is 5.91 Å².